The van der Waals surface area contributed by atoms with Gasteiger partial charge >= 0.3 is 0 Å². The van der Waals surface area contributed by atoms with E-state index in [-0.39, 0.29) is 12.3 Å². The van der Waals surface area contributed by atoms with Gasteiger partial charge in [-0.05, 0) is 35.4 Å². The van der Waals surface area contributed by atoms with E-state index in [1.807, 2.05) is 60.7 Å². The molecule has 3 aromatic rings. The Bertz CT molecular complexity index is 970. The van der Waals surface area contributed by atoms with Gasteiger partial charge in [0.15, 0.2) is 11.5 Å². The standard InChI is InChI=1S/C23H23N3O3/c1-28-21-9-5-8-19(23(21)29-16-18-6-3-2-4-7-18)15-25-26-22(27)14-17-10-12-20(24)13-11-17/h2-13,15H,14,16,24H2,1H3,(H,26,27)/b25-15-. The molecule has 0 aliphatic carbocycles. The van der Waals surface area contributed by atoms with Crippen LogP contribution in [0, 0.1) is 0 Å². The zero-order valence-electron chi connectivity index (χ0n) is 16.2. The van der Waals surface area contributed by atoms with E-state index in [1.54, 1.807) is 25.5 Å². The number of nitrogens with one attached hydrogen (secondary N) is 1. The summed E-state index contributed by atoms with van der Waals surface area (Å²) in [4.78, 5) is 12.1. The number of methoxy groups -OCH3 is 1. The lowest BCUT2D eigenvalue weighted by molar-refractivity contribution is -0.120. The summed E-state index contributed by atoms with van der Waals surface area (Å²) < 4.78 is 11.4. The molecule has 3 aromatic carbocycles. The molecular weight excluding hydrogens is 366 g/mol. The van der Waals surface area contributed by atoms with Gasteiger partial charge in [-0.15, -0.1) is 0 Å². The number of carbonyl (C=O) groups is 1. The lowest BCUT2D eigenvalue weighted by Gasteiger charge is -2.13. The van der Waals surface area contributed by atoms with Crippen molar-refractivity contribution < 1.29 is 14.3 Å². The highest BCUT2D eigenvalue weighted by atomic mass is 16.5. The topological polar surface area (TPSA) is 85.9 Å². The number of para-hydroxylation sites is 1. The van der Waals surface area contributed by atoms with Gasteiger partial charge in [0.2, 0.25) is 5.91 Å². The molecule has 3 N–H and O–H groups in total. The molecule has 0 heterocycles. The van der Waals surface area contributed by atoms with Crippen LogP contribution in [0.15, 0.2) is 77.9 Å². The number of benzene rings is 3. The third kappa shape index (κ3) is 5.84. The minimum Gasteiger partial charge on any atom is -0.493 e. The molecule has 0 spiro atoms. The van der Waals surface area contributed by atoms with Crippen LogP contribution < -0.4 is 20.6 Å². The highest BCUT2D eigenvalue weighted by Crippen LogP contribution is 2.30. The second-order valence-corrected chi connectivity index (χ2v) is 6.36. The Morgan fingerprint density at radius 2 is 1.76 bits per heavy atom. The van der Waals surface area contributed by atoms with E-state index in [2.05, 4.69) is 10.5 Å². The Morgan fingerprint density at radius 1 is 1.00 bits per heavy atom. The first-order valence-corrected chi connectivity index (χ1v) is 9.16. The average Bonchev–Trinajstić information content (AvgIpc) is 2.75. The molecular formula is C23H23N3O3. The quantitative estimate of drug-likeness (QED) is 0.350. The lowest BCUT2D eigenvalue weighted by Crippen LogP contribution is -2.19. The fourth-order valence-electron chi connectivity index (χ4n) is 2.71. The van der Waals surface area contributed by atoms with E-state index in [0.717, 1.165) is 11.1 Å². The predicted octanol–water partition coefficient (Wildman–Crippen LogP) is 3.55. The van der Waals surface area contributed by atoms with Crippen molar-refractivity contribution in [3.63, 3.8) is 0 Å². The van der Waals surface area contributed by atoms with Crippen LogP contribution in [-0.2, 0) is 17.8 Å². The van der Waals surface area contributed by atoms with Crippen molar-refractivity contribution in [2.45, 2.75) is 13.0 Å². The number of hydrazone groups is 1. The summed E-state index contributed by atoms with van der Waals surface area (Å²) in [5, 5.41) is 4.06. The van der Waals surface area contributed by atoms with Gasteiger partial charge in [0.05, 0.1) is 19.7 Å². The van der Waals surface area contributed by atoms with Crippen molar-refractivity contribution in [1.82, 2.24) is 5.43 Å². The number of hydrogen-bond donors (Lipinski definition) is 2. The van der Waals surface area contributed by atoms with Crippen LogP contribution in [0.4, 0.5) is 5.69 Å². The fourth-order valence-corrected chi connectivity index (χ4v) is 2.71. The van der Waals surface area contributed by atoms with Gasteiger partial charge in [-0.3, -0.25) is 4.79 Å². The van der Waals surface area contributed by atoms with Crippen LogP contribution in [0.3, 0.4) is 0 Å². The molecule has 6 nitrogen and oxygen atoms in total. The predicted molar refractivity (Wildman–Crippen MR) is 114 cm³/mol. The molecule has 3 rings (SSSR count). The number of nitrogens with two attached hydrogens (primary N) is 1. The Labute approximate surface area is 170 Å². The maximum atomic E-state index is 12.1. The van der Waals surface area contributed by atoms with E-state index in [9.17, 15) is 4.79 Å². The lowest BCUT2D eigenvalue weighted by atomic mass is 10.1. The van der Waals surface area contributed by atoms with Gasteiger partial charge in [0, 0.05) is 11.3 Å². The van der Waals surface area contributed by atoms with Crippen LogP contribution >= 0.6 is 0 Å². The van der Waals surface area contributed by atoms with Crippen LogP contribution in [0.25, 0.3) is 0 Å². The highest BCUT2D eigenvalue weighted by molar-refractivity contribution is 5.86. The normalized spacial score (nSPS) is 10.7. The molecule has 0 radical (unpaired) electrons. The summed E-state index contributed by atoms with van der Waals surface area (Å²) in [6.07, 6.45) is 1.76. The fraction of sp³-hybridized carbons (Fsp3) is 0.130. The molecule has 1 amide bonds. The van der Waals surface area contributed by atoms with Crippen LogP contribution in [0.1, 0.15) is 16.7 Å². The minimum atomic E-state index is -0.222. The van der Waals surface area contributed by atoms with Crippen molar-refractivity contribution in [3.05, 3.63) is 89.5 Å². The van der Waals surface area contributed by atoms with Crippen molar-refractivity contribution in [3.8, 4) is 11.5 Å². The van der Waals surface area contributed by atoms with Crippen LogP contribution in [-0.4, -0.2) is 19.2 Å². The zero-order valence-corrected chi connectivity index (χ0v) is 16.2. The number of nitrogen functional groups attached to an aromatic ring is 1. The van der Waals surface area contributed by atoms with Gasteiger partial charge in [0.1, 0.15) is 6.61 Å². The first kappa shape index (κ1) is 19.9. The largest absolute Gasteiger partial charge is 0.493 e. The minimum absolute atomic E-state index is 0.215. The van der Waals surface area contributed by atoms with Crippen molar-refractivity contribution in [2.75, 3.05) is 12.8 Å². The molecule has 0 atom stereocenters. The summed E-state index contributed by atoms with van der Waals surface area (Å²) in [6.45, 7) is 0.394. The number of ether oxygens (including phenoxy) is 2. The number of rotatable bonds is 8. The summed E-state index contributed by atoms with van der Waals surface area (Å²) in [5.41, 5.74) is 11.5. The van der Waals surface area contributed by atoms with Crippen LogP contribution in [0.2, 0.25) is 0 Å². The van der Waals surface area contributed by atoms with Gasteiger partial charge in [-0.1, -0.05) is 48.5 Å². The second kappa shape index (κ2) is 9.94. The Morgan fingerprint density at radius 3 is 2.48 bits per heavy atom. The SMILES string of the molecule is COc1cccc(/C=N\NC(=O)Cc2ccc(N)cc2)c1OCc1ccccc1. The average molecular weight is 389 g/mol. The third-order valence-corrected chi connectivity index (χ3v) is 4.19. The Balaban J connectivity index is 1.65. The maximum absolute atomic E-state index is 12.1. The van der Waals surface area contributed by atoms with Crippen molar-refractivity contribution >= 4 is 17.8 Å². The van der Waals surface area contributed by atoms with E-state index in [0.29, 0.717) is 29.4 Å². The molecule has 0 saturated heterocycles. The number of anilines is 1. The van der Waals surface area contributed by atoms with E-state index >= 15 is 0 Å². The maximum Gasteiger partial charge on any atom is 0.244 e. The first-order valence-electron chi connectivity index (χ1n) is 9.16. The second-order valence-electron chi connectivity index (χ2n) is 6.36. The molecule has 0 aromatic heterocycles. The van der Waals surface area contributed by atoms with Gasteiger partial charge in [-0.2, -0.15) is 5.10 Å². The van der Waals surface area contributed by atoms with E-state index < -0.39 is 0 Å². The summed E-state index contributed by atoms with van der Waals surface area (Å²) in [5.74, 6) is 0.939. The number of nitrogens with zero attached hydrogens (tertiary/aromatic N) is 1. The van der Waals surface area contributed by atoms with Crippen molar-refractivity contribution in [1.29, 1.82) is 0 Å². The molecule has 6 heteroatoms. The summed E-state index contributed by atoms with van der Waals surface area (Å²) in [6, 6.07) is 22.5. The van der Waals surface area contributed by atoms with Crippen molar-refractivity contribution in [2.24, 2.45) is 5.10 Å². The van der Waals surface area contributed by atoms with E-state index in [4.69, 9.17) is 15.2 Å². The molecule has 29 heavy (non-hydrogen) atoms. The van der Waals surface area contributed by atoms with Gasteiger partial charge in [0.25, 0.3) is 0 Å². The Kier molecular flexibility index (Phi) is 6.84. The highest BCUT2D eigenvalue weighted by Gasteiger charge is 2.10. The molecule has 0 saturated carbocycles. The molecule has 0 unspecified atom stereocenters. The Hall–Kier alpha value is -3.80. The number of carbonyl (C=O) groups excluding carboxylic acids is 1. The first-order chi connectivity index (χ1) is 14.2. The molecule has 0 aliphatic heterocycles. The summed E-state index contributed by atoms with van der Waals surface area (Å²) in [7, 11) is 1.58. The summed E-state index contributed by atoms with van der Waals surface area (Å²) >= 11 is 0. The van der Waals surface area contributed by atoms with E-state index in [1.165, 1.54) is 0 Å². The third-order valence-electron chi connectivity index (χ3n) is 4.19. The number of amides is 1. The van der Waals surface area contributed by atoms with Gasteiger partial charge in [-0.25, -0.2) is 5.43 Å². The molecule has 0 aliphatic rings. The molecule has 148 valence electrons. The zero-order chi connectivity index (χ0) is 20.5. The molecule has 0 fully saturated rings. The van der Waals surface area contributed by atoms with Gasteiger partial charge < -0.3 is 15.2 Å². The van der Waals surface area contributed by atoms with Crippen LogP contribution in [0.5, 0.6) is 11.5 Å². The molecule has 0 bridgehead atoms. The smallest absolute Gasteiger partial charge is 0.244 e. The monoisotopic (exact) mass is 389 g/mol. The number of hydrogen-bond acceptors (Lipinski definition) is 5.